The van der Waals surface area contributed by atoms with E-state index in [1.807, 2.05) is 13.8 Å². The van der Waals surface area contributed by atoms with Crippen LogP contribution in [0, 0.1) is 5.92 Å². The Hall–Kier alpha value is -2.14. The zero-order valence-electron chi connectivity index (χ0n) is 11.7. The van der Waals surface area contributed by atoms with Gasteiger partial charge in [-0.1, -0.05) is 25.4 Å². The maximum atomic E-state index is 11.0. The molecule has 0 radical (unpaired) electrons. The Kier molecular flexibility index (Phi) is 4.75. The van der Waals surface area contributed by atoms with E-state index in [-0.39, 0.29) is 5.82 Å². The van der Waals surface area contributed by atoms with Gasteiger partial charge in [0.2, 0.25) is 5.82 Å². The Bertz CT molecular complexity index is 659. The van der Waals surface area contributed by atoms with Crippen molar-refractivity contribution in [1.29, 1.82) is 0 Å². The highest BCUT2D eigenvalue weighted by molar-refractivity contribution is 6.30. The molecule has 6 heteroatoms. The van der Waals surface area contributed by atoms with Crippen LogP contribution in [0.3, 0.4) is 0 Å². The van der Waals surface area contributed by atoms with Crippen LogP contribution in [0.4, 0.5) is 0 Å². The number of halogens is 1. The predicted molar refractivity (Wildman–Crippen MR) is 79.8 cm³/mol. The summed E-state index contributed by atoms with van der Waals surface area (Å²) in [5.74, 6) is -0.490. The minimum absolute atomic E-state index is 0.253. The molecule has 21 heavy (non-hydrogen) atoms. The lowest BCUT2D eigenvalue weighted by Crippen LogP contribution is -2.07. The number of carboxylic acid groups (broad SMARTS) is 1. The van der Waals surface area contributed by atoms with E-state index in [9.17, 15) is 4.79 Å². The first kappa shape index (κ1) is 15.3. The van der Waals surface area contributed by atoms with Gasteiger partial charge in [-0.05, 0) is 30.2 Å². The van der Waals surface area contributed by atoms with E-state index in [0.717, 1.165) is 0 Å². The second-order valence-corrected chi connectivity index (χ2v) is 5.35. The van der Waals surface area contributed by atoms with Gasteiger partial charge in [0.15, 0.2) is 0 Å². The Morgan fingerprint density at radius 1 is 1.38 bits per heavy atom. The topological polar surface area (TPSA) is 72.3 Å². The van der Waals surface area contributed by atoms with Gasteiger partial charge >= 0.3 is 5.97 Å². The van der Waals surface area contributed by atoms with Crippen molar-refractivity contribution in [3.8, 4) is 17.0 Å². The number of aromatic carboxylic acids is 1. The lowest BCUT2D eigenvalue weighted by atomic mass is 10.1. The number of benzene rings is 1. The highest BCUT2D eigenvalue weighted by Crippen LogP contribution is 2.31. The lowest BCUT2D eigenvalue weighted by Gasteiger charge is -2.13. The largest absolute Gasteiger partial charge is 0.493 e. The zero-order chi connectivity index (χ0) is 15.4. The standard InChI is InChI=1S/C15H15ClN2O3/c1-9(2)8-21-13-7-10(16)3-4-11(13)12-5-6-17-14(18-12)15(19)20/h3-7,9H,8H2,1-2H3,(H,19,20). The molecule has 1 N–H and O–H groups in total. The number of nitrogens with zero attached hydrogens (tertiary/aromatic N) is 2. The van der Waals surface area contributed by atoms with Crippen LogP contribution >= 0.6 is 11.6 Å². The Morgan fingerprint density at radius 2 is 2.14 bits per heavy atom. The molecule has 0 aliphatic heterocycles. The molecule has 2 aromatic rings. The van der Waals surface area contributed by atoms with E-state index < -0.39 is 5.97 Å². The highest BCUT2D eigenvalue weighted by Gasteiger charge is 2.13. The molecule has 110 valence electrons. The monoisotopic (exact) mass is 306 g/mol. The Labute approximate surface area is 127 Å². The van der Waals surface area contributed by atoms with Crippen molar-refractivity contribution < 1.29 is 14.6 Å². The van der Waals surface area contributed by atoms with E-state index >= 15 is 0 Å². The number of aromatic nitrogens is 2. The van der Waals surface area contributed by atoms with Gasteiger partial charge in [-0.25, -0.2) is 14.8 Å². The van der Waals surface area contributed by atoms with E-state index in [0.29, 0.717) is 34.6 Å². The summed E-state index contributed by atoms with van der Waals surface area (Å²) in [6.45, 7) is 4.61. The van der Waals surface area contributed by atoms with Gasteiger partial charge in [0, 0.05) is 16.8 Å². The molecule has 0 aliphatic carbocycles. The van der Waals surface area contributed by atoms with Gasteiger partial charge < -0.3 is 9.84 Å². The summed E-state index contributed by atoms with van der Waals surface area (Å²) >= 11 is 5.99. The maximum Gasteiger partial charge on any atom is 0.373 e. The SMILES string of the molecule is CC(C)COc1cc(Cl)ccc1-c1ccnc(C(=O)O)n1. The third-order valence-electron chi connectivity index (χ3n) is 2.64. The van der Waals surface area contributed by atoms with Gasteiger partial charge in [0.05, 0.1) is 12.3 Å². The number of rotatable bonds is 5. The molecule has 0 bridgehead atoms. The molecule has 2 rings (SSSR count). The summed E-state index contributed by atoms with van der Waals surface area (Å²) in [5.41, 5.74) is 1.17. The number of ether oxygens (including phenoxy) is 1. The van der Waals surface area contributed by atoms with Gasteiger partial charge in [-0.3, -0.25) is 0 Å². The first-order valence-electron chi connectivity index (χ1n) is 6.46. The summed E-state index contributed by atoms with van der Waals surface area (Å²) in [5, 5.41) is 9.51. The van der Waals surface area contributed by atoms with Gasteiger partial charge in [-0.15, -0.1) is 0 Å². The van der Waals surface area contributed by atoms with Crippen LogP contribution in [0.5, 0.6) is 5.75 Å². The first-order valence-corrected chi connectivity index (χ1v) is 6.84. The summed E-state index contributed by atoms with van der Waals surface area (Å²) < 4.78 is 5.74. The smallest absolute Gasteiger partial charge is 0.373 e. The van der Waals surface area contributed by atoms with E-state index in [2.05, 4.69) is 9.97 Å². The van der Waals surface area contributed by atoms with Crippen LogP contribution < -0.4 is 4.74 Å². The first-order chi connectivity index (χ1) is 9.97. The second kappa shape index (κ2) is 6.54. The van der Waals surface area contributed by atoms with Crippen molar-refractivity contribution in [1.82, 2.24) is 9.97 Å². The highest BCUT2D eigenvalue weighted by atomic mass is 35.5. The fourth-order valence-electron chi connectivity index (χ4n) is 1.70. The maximum absolute atomic E-state index is 11.0. The van der Waals surface area contributed by atoms with Crippen LogP contribution in [0.1, 0.15) is 24.5 Å². The van der Waals surface area contributed by atoms with Crippen LogP contribution in [0.25, 0.3) is 11.3 Å². The Morgan fingerprint density at radius 3 is 2.81 bits per heavy atom. The van der Waals surface area contributed by atoms with Crippen molar-refractivity contribution >= 4 is 17.6 Å². The fourth-order valence-corrected chi connectivity index (χ4v) is 1.86. The van der Waals surface area contributed by atoms with E-state index in [4.69, 9.17) is 21.4 Å². The number of hydrogen-bond acceptors (Lipinski definition) is 4. The molecule has 0 saturated heterocycles. The third kappa shape index (κ3) is 3.92. The van der Waals surface area contributed by atoms with E-state index in [1.165, 1.54) is 6.20 Å². The van der Waals surface area contributed by atoms with Crippen molar-refractivity contribution in [2.24, 2.45) is 5.92 Å². The summed E-state index contributed by atoms with van der Waals surface area (Å²) in [6.07, 6.45) is 1.41. The van der Waals surface area contributed by atoms with Gasteiger partial charge in [-0.2, -0.15) is 0 Å². The average molecular weight is 307 g/mol. The van der Waals surface area contributed by atoms with Gasteiger partial charge in [0.1, 0.15) is 5.75 Å². The summed E-state index contributed by atoms with van der Waals surface area (Å²) in [7, 11) is 0. The second-order valence-electron chi connectivity index (χ2n) is 4.92. The fraction of sp³-hybridized carbons (Fsp3) is 0.267. The summed E-state index contributed by atoms with van der Waals surface area (Å²) in [4.78, 5) is 18.7. The minimum Gasteiger partial charge on any atom is -0.493 e. The van der Waals surface area contributed by atoms with Crippen molar-refractivity contribution in [3.63, 3.8) is 0 Å². The van der Waals surface area contributed by atoms with Crippen molar-refractivity contribution in [2.45, 2.75) is 13.8 Å². The van der Waals surface area contributed by atoms with Crippen LogP contribution in [0.2, 0.25) is 5.02 Å². The molecule has 0 saturated carbocycles. The Balaban J connectivity index is 2.42. The van der Waals surface area contributed by atoms with Crippen molar-refractivity contribution in [3.05, 3.63) is 41.3 Å². The molecule has 0 aliphatic rings. The average Bonchev–Trinajstić information content (AvgIpc) is 2.45. The van der Waals surface area contributed by atoms with Crippen molar-refractivity contribution in [2.75, 3.05) is 6.61 Å². The quantitative estimate of drug-likeness (QED) is 0.915. The number of hydrogen-bond donors (Lipinski definition) is 1. The molecule has 0 fully saturated rings. The molecular formula is C15H15ClN2O3. The molecule has 0 atom stereocenters. The molecule has 1 heterocycles. The molecule has 0 unspecified atom stereocenters. The van der Waals surface area contributed by atoms with Crippen LogP contribution in [-0.2, 0) is 0 Å². The zero-order valence-corrected chi connectivity index (χ0v) is 12.5. The van der Waals surface area contributed by atoms with Crippen LogP contribution in [-0.4, -0.2) is 27.7 Å². The molecule has 1 aromatic heterocycles. The molecular weight excluding hydrogens is 292 g/mol. The molecule has 5 nitrogen and oxygen atoms in total. The summed E-state index contributed by atoms with van der Waals surface area (Å²) in [6, 6.07) is 6.80. The molecule has 1 aromatic carbocycles. The predicted octanol–water partition coefficient (Wildman–Crippen LogP) is 3.53. The molecule has 0 amide bonds. The molecule has 0 spiro atoms. The number of carboxylic acids is 1. The normalized spacial score (nSPS) is 10.7. The van der Waals surface area contributed by atoms with Gasteiger partial charge in [0.25, 0.3) is 0 Å². The minimum atomic E-state index is -1.17. The van der Waals surface area contributed by atoms with Crippen LogP contribution in [0.15, 0.2) is 30.5 Å². The van der Waals surface area contributed by atoms with E-state index in [1.54, 1.807) is 24.3 Å². The lowest BCUT2D eigenvalue weighted by molar-refractivity contribution is 0.0683. The third-order valence-corrected chi connectivity index (χ3v) is 2.87. The number of carbonyl (C=O) groups is 1.